The maximum atomic E-state index is 10.6. The van der Waals surface area contributed by atoms with Crippen molar-refractivity contribution in [3.8, 4) is 0 Å². The zero-order valence-electron chi connectivity index (χ0n) is 19.7. The highest BCUT2D eigenvalue weighted by Crippen LogP contribution is 2.66. The van der Waals surface area contributed by atoms with Crippen LogP contribution >= 0.6 is 0 Å². The molecule has 3 fully saturated rings. The number of rotatable bonds is 5. The van der Waals surface area contributed by atoms with E-state index in [0.717, 1.165) is 42.9 Å². The third-order valence-corrected chi connectivity index (χ3v) is 10.8. The molecule has 29 heavy (non-hydrogen) atoms. The summed E-state index contributed by atoms with van der Waals surface area (Å²) in [4.78, 5) is 0. The quantitative estimate of drug-likeness (QED) is 0.515. The number of aliphatic hydroxyl groups is 2. The monoisotopic (exact) mass is 402 g/mol. The van der Waals surface area contributed by atoms with Gasteiger partial charge in [-0.15, -0.1) is 0 Å². The minimum Gasteiger partial charge on any atom is -0.393 e. The Morgan fingerprint density at radius 3 is 2.59 bits per heavy atom. The van der Waals surface area contributed by atoms with Gasteiger partial charge in [0, 0.05) is 0 Å². The summed E-state index contributed by atoms with van der Waals surface area (Å²) in [6, 6.07) is 0. The normalized spacial score (nSPS) is 46.5. The molecule has 0 aromatic carbocycles. The lowest BCUT2D eigenvalue weighted by atomic mass is 9.47. The zero-order chi connectivity index (χ0) is 21.0. The van der Waals surface area contributed by atoms with Crippen LogP contribution in [0.25, 0.3) is 0 Å². The van der Waals surface area contributed by atoms with Crippen LogP contribution in [0, 0.1) is 40.4 Å². The molecule has 0 spiro atoms. The number of fused-ring (bicyclic) bond motifs is 5. The molecule has 4 aliphatic carbocycles. The van der Waals surface area contributed by atoms with Gasteiger partial charge >= 0.3 is 0 Å². The SMILES string of the molecule is CC(C)C(C)(O)CCC[C@H]1CC[C@H]2[C@@H]3CC=C4C[C@@H](O)CC[C@]4(C)[C@H]3CC[C@]12C. The fourth-order valence-electron chi connectivity index (χ4n) is 8.22. The van der Waals surface area contributed by atoms with Crippen molar-refractivity contribution in [2.24, 2.45) is 40.4 Å². The molecule has 166 valence electrons. The predicted octanol–water partition coefficient (Wildman–Crippen LogP) is 6.50. The molecule has 0 aromatic heterocycles. The van der Waals surface area contributed by atoms with E-state index in [1.54, 1.807) is 5.57 Å². The molecule has 0 aromatic rings. The first-order valence-electron chi connectivity index (χ1n) is 12.7. The molecule has 4 aliphatic rings. The molecule has 4 rings (SSSR count). The van der Waals surface area contributed by atoms with Crippen LogP contribution in [0.1, 0.15) is 105 Å². The highest BCUT2D eigenvalue weighted by atomic mass is 16.3. The minimum absolute atomic E-state index is 0.0985. The molecule has 3 saturated carbocycles. The van der Waals surface area contributed by atoms with Crippen LogP contribution < -0.4 is 0 Å². The van der Waals surface area contributed by atoms with Gasteiger partial charge < -0.3 is 10.2 Å². The second-order valence-electron chi connectivity index (χ2n) is 12.4. The van der Waals surface area contributed by atoms with Crippen LogP contribution in [0.3, 0.4) is 0 Å². The van der Waals surface area contributed by atoms with Crippen molar-refractivity contribution >= 4 is 0 Å². The summed E-state index contributed by atoms with van der Waals surface area (Å²) < 4.78 is 0. The van der Waals surface area contributed by atoms with E-state index in [1.165, 1.54) is 51.4 Å². The van der Waals surface area contributed by atoms with Gasteiger partial charge in [-0.05, 0) is 112 Å². The van der Waals surface area contributed by atoms with Gasteiger partial charge in [-0.2, -0.15) is 0 Å². The lowest BCUT2D eigenvalue weighted by molar-refractivity contribution is -0.0523. The first-order chi connectivity index (χ1) is 13.6. The Balaban J connectivity index is 1.45. The van der Waals surface area contributed by atoms with Gasteiger partial charge in [-0.25, -0.2) is 0 Å². The van der Waals surface area contributed by atoms with E-state index in [1.807, 2.05) is 6.92 Å². The number of aliphatic hydroxyl groups excluding tert-OH is 1. The fourth-order valence-corrected chi connectivity index (χ4v) is 8.22. The fraction of sp³-hybridized carbons (Fsp3) is 0.926. The third kappa shape index (κ3) is 3.65. The lowest BCUT2D eigenvalue weighted by Gasteiger charge is -2.58. The molecular formula is C27H46O2. The molecule has 0 amide bonds. The average Bonchev–Trinajstić information content (AvgIpc) is 2.99. The Morgan fingerprint density at radius 2 is 1.86 bits per heavy atom. The van der Waals surface area contributed by atoms with Crippen LogP contribution in [-0.2, 0) is 0 Å². The van der Waals surface area contributed by atoms with E-state index in [9.17, 15) is 10.2 Å². The molecule has 1 unspecified atom stereocenters. The summed E-state index contributed by atoms with van der Waals surface area (Å²) >= 11 is 0. The maximum absolute atomic E-state index is 10.6. The lowest BCUT2D eigenvalue weighted by Crippen LogP contribution is -2.50. The largest absolute Gasteiger partial charge is 0.393 e. The molecule has 0 aliphatic heterocycles. The van der Waals surface area contributed by atoms with Gasteiger partial charge in [0.25, 0.3) is 0 Å². The summed E-state index contributed by atoms with van der Waals surface area (Å²) in [5, 5.41) is 20.8. The van der Waals surface area contributed by atoms with Gasteiger partial charge in [-0.3, -0.25) is 0 Å². The predicted molar refractivity (Wildman–Crippen MR) is 121 cm³/mol. The highest BCUT2D eigenvalue weighted by Gasteiger charge is 2.58. The summed E-state index contributed by atoms with van der Waals surface area (Å²) in [7, 11) is 0. The number of allylic oxidation sites excluding steroid dienone is 1. The molecule has 2 heteroatoms. The van der Waals surface area contributed by atoms with E-state index >= 15 is 0 Å². The maximum Gasteiger partial charge on any atom is 0.0642 e. The third-order valence-electron chi connectivity index (χ3n) is 10.8. The molecule has 0 bridgehead atoms. The average molecular weight is 403 g/mol. The molecule has 8 atom stereocenters. The summed E-state index contributed by atoms with van der Waals surface area (Å²) in [5.41, 5.74) is 1.95. The summed E-state index contributed by atoms with van der Waals surface area (Å²) in [5.74, 6) is 3.78. The van der Waals surface area contributed by atoms with Crippen molar-refractivity contribution in [2.75, 3.05) is 0 Å². The Labute approximate surface area is 179 Å². The second-order valence-corrected chi connectivity index (χ2v) is 12.4. The van der Waals surface area contributed by atoms with E-state index in [2.05, 4.69) is 33.8 Å². The van der Waals surface area contributed by atoms with E-state index in [-0.39, 0.29) is 6.10 Å². The standard InChI is InChI=1S/C27H46O2/c1-18(2)27(5,29)14-6-7-19-9-11-23-22-10-8-20-17-21(28)12-15-26(20,4)24(22)13-16-25(19,23)3/h8,18-19,21-24,28-29H,6-7,9-17H2,1-5H3/t19-,21-,22-,23-,24-,25+,26-,27?/m0/s1. The van der Waals surface area contributed by atoms with E-state index < -0.39 is 5.60 Å². The van der Waals surface area contributed by atoms with Crippen molar-refractivity contribution in [3.05, 3.63) is 11.6 Å². The van der Waals surface area contributed by atoms with Crippen molar-refractivity contribution in [1.29, 1.82) is 0 Å². The minimum atomic E-state index is -0.513. The highest BCUT2D eigenvalue weighted by molar-refractivity contribution is 5.25. The zero-order valence-corrected chi connectivity index (χ0v) is 19.7. The Morgan fingerprint density at radius 1 is 1.10 bits per heavy atom. The topological polar surface area (TPSA) is 40.5 Å². The van der Waals surface area contributed by atoms with Crippen molar-refractivity contribution < 1.29 is 10.2 Å². The van der Waals surface area contributed by atoms with Crippen LogP contribution in [0.5, 0.6) is 0 Å². The van der Waals surface area contributed by atoms with Gasteiger partial charge in [0.05, 0.1) is 11.7 Å². The van der Waals surface area contributed by atoms with Gasteiger partial charge in [0.15, 0.2) is 0 Å². The molecule has 0 saturated heterocycles. The van der Waals surface area contributed by atoms with Gasteiger partial charge in [-0.1, -0.05) is 45.8 Å². The second kappa shape index (κ2) is 7.66. The number of hydrogen-bond donors (Lipinski definition) is 2. The smallest absolute Gasteiger partial charge is 0.0642 e. The molecule has 0 radical (unpaired) electrons. The Bertz CT molecular complexity index is 634. The molecule has 2 N–H and O–H groups in total. The molecule has 0 heterocycles. The Hall–Kier alpha value is -0.340. The first kappa shape index (κ1) is 21.9. The molecule has 2 nitrogen and oxygen atoms in total. The van der Waals surface area contributed by atoms with Crippen LogP contribution in [0.15, 0.2) is 11.6 Å². The van der Waals surface area contributed by atoms with Gasteiger partial charge in [0.2, 0.25) is 0 Å². The van der Waals surface area contributed by atoms with Crippen LogP contribution in [-0.4, -0.2) is 21.9 Å². The van der Waals surface area contributed by atoms with Crippen molar-refractivity contribution in [3.63, 3.8) is 0 Å². The number of hydrogen-bond acceptors (Lipinski definition) is 2. The van der Waals surface area contributed by atoms with Crippen molar-refractivity contribution in [2.45, 2.75) is 117 Å². The van der Waals surface area contributed by atoms with E-state index in [0.29, 0.717) is 16.7 Å². The van der Waals surface area contributed by atoms with E-state index in [4.69, 9.17) is 0 Å². The van der Waals surface area contributed by atoms with Gasteiger partial charge in [0.1, 0.15) is 0 Å². The van der Waals surface area contributed by atoms with Crippen molar-refractivity contribution in [1.82, 2.24) is 0 Å². The summed E-state index contributed by atoms with van der Waals surface area (Å²) in [6.07, 6.45) is 15.9. The van der Waals surface area contributed by atoms with Crippen LogP contribution in [0.4, 0.5) is 0 Å². The Kier molecular flexibility index (Phi) is 5.78. The first-order valence-corrected chi connectivity index (χ1v) is 12.7. The molecular weight excluding hydrogens is 356 g/mol. The summed E-state index contributed by atoms with van der Waals surface area (Å²) in [6.45, 7) is 11.5. The van der Waals surface area contributed by atoms with Crippen LogP contribution in [0.2, 0.25) is 0 Å².